The van der Waals surface area contributed by atoms with Gasteiger partial charge < -0.3 is 18.7 Å². The van der Waals surface area contributed by atoms with Crippen molar-refractivity contribution < 1.29 is 23.5 Å². The number of benzene rings is 1. The summed E-state index contributed by atoms with van der Waals surface area (Å²) in [6.07, 6.45) is 0. The van der Waals surface area contributed by atoms with Crippen molar-refractivity contribution in [2.24, 2.45) is 0 Å². The Balaban J connectivity index is 1.91. The van der Waals surface area contributed by atoms with Crippen molar-refractivity contribution in [3.8, 4) is 5.75 Å². The van der Waals surface area contributed by atoms with Gasteiger partial charge in [0.1, 0.15) is 23.7 Å². The van der Waals surface area contributed by atoms with Gasteiger partial charge in [-0.05, 0) is 31.5 Å². The van der Waals surface area contributed by atoms with E-state index in [9.17, 15) is 9.59 Å². The van der Waals surface area contributed by atoms with E-state index >= 15 is 0 Å². The lowest BCUT2D eigenvalue weighted by molar-refractivity contribution is 0.0661. The molecular weight excluding hydrogens is 336 g/mol. The van der Waals surface area contributed by atoms with E-state index < -0.39 is 11.6 Å². The zero-order valence-electron chi connectivity index (χ0n) is 12.9. The molecule has 6 nitrogen and oxygen atoms in total. The van der Waals surface area contributed by atoms with E-state index in [1.54, 1.807) is 26.0 Å². The third-order valence-corrected chi connectivity index (χ3v) is 3.91. The molecule has 0 unspecified atom stereocenters. The molecule has 2 aromatic heterocycles. The Morgan fingerprint density at radius 2 is 1.96 bits per heavy atom. The highest BCUT2D eigenvalue weighted by Crippen LogP contribution is 2.32. The first kappa shape index (κ1) is 16.1. The van der Waals surface area contributed by atoms with Crippen molar-refractivity contribution in [2.75, 3.05) is 0 Å². The van der Waals surface area contributed by atoms with Crippen LogP contribution in [0.4, 0.5) is 0 Å². The summed E-state index contributed by atoms with van der Waals surface area (Å²) in [6, 6.07) is 5.99. The zero-order valence-corrected chi connectivity index (χ0v) is 13.6. The van der Waals surface area contributed by atoms with Gasteiger partial charge in [0.25, 0.3) is 0 Å². The van der Waals surface area contributed by atoms with Crippen LogP contribution in [0.25, 0.3) is 11.0 Å². The van der Waals surface area contributed by atoms with Crippen molar-refractivity contribution in [2.45, 2.75) is 20.5 Å². The fraction of sp³-hybridized carbons (Fsp3) is 0.176. The number of carboxylic acids is 1. The Morgan fingerprint density at radius 3 is 2.62 bits per heavy atom. The highest BCUT2D eigenvalue weighted by molar-refractivity contribution is 6.32. The number of ether oxygens (including phenoxy) is 1. The highest BCUT2D eigenvalue weighted by Gasteiger charge is 2.15. The molecular formula is C17H13ClO6. The van der Waals surface area contributed by atoms with Crippen LogP contribution in [-0.2, 0) is 6.61 Å². The molecule has 0 aliphatic rings. The summed E-state index contributed by atoms with van der Waals surface area (Å²) >= 11 is 6.21. The van der Waals surface area contributed by atoms with E-state index in [2.05, 4.69) is 0 Å². The van der Waals surface area contributed by atoms with Gasteiger partial charge in [-0.1, -0.05) is 11.6 Å². The molecule has 0 saturated heterocycles. The Bertz CT molecular complexity index is 998. The molecule has 3 rings (SSSR count). The minimum absolute atomic E-state index is 0.0733. The van der Waals surface area contributed by atoms with Gasteiger partial charge in [0.2, 0.25) is 5.76 Å². The number of fused-ring (bicyclic) bond motifs is 1. The summed E-state index contributed by atoms with van der Waals surface area (Å²) < 4.78 is 15.9. The fourth-order valence-corrected chi connectivity index (χ4v) is 2.57. The summed E-state index contributed by atoms with van der Waals surface area (Å²) in [5.41, 5.74) is 1.26. The van der Waals surface area contributed by atoms with Crippen molar-refractivity contribution >= 4 is 28.5 Å². The first-order valence-electron chi connectivity index (χ1n) is 7.04. The number of carboxylic acid groups (broad SMARTS) is 1. The quantitative estimate of drug-likeness (QED) is 0.718. The number of hydrogen-bond acceptors (Lipinski definition) is 5. The Morgan fingerprint density at radius 1 is 1.21 bits per heavy atom. The standard InChI is InChI=1S/C17H13ClO6/c1-8-3-16(19)24-13-6-14(12(18)5-11(8)13)22-7-10-4-15(17(20)21)23-9(10)2/h3-6H,7H2,1-2H3,(H,20,21). The second kappa shape index (κ2) is 6.05. The summed E-state index contributed by atoms with van der Waals surface area (Å²) in [4.78, 5) is 22.4. The molecule has 3 aromatic rings. The predicted molar refractivity (Wildman–Crippen MR) is 87.0 cm³/mol. The van der Waals surface area contributed by atoms with Crippen LogP contribution in [0.1, 0.15) is 27.4 Å². The molecule has 1 N–H and O–H groups in total. The van der Waals surface area contributed by atoms with Crippen LogP contribution >= 0.6 is 11.6 Å². The third-order valence-electron chi connectivity index (χ3n) is 3.62. The minimum atomic E-state index is -1.15. The van der Waals surface area contributed by atoms with E-state index in [1.165, 1.54) is 12.1 Å². The van der Waals surface area contributed by atoms with E-state index in [0.29, 0.717) is 27.7 Å². The summed E-state index contributed by atoms with van der Waals surface area (Å²) in [5, 5.41) is 10.0. The predicted octanol–water partition coefficient (Wildman–Crippen LogP) is 3.93. The maximum atomic E-state index is 11.5. The SMILES string of the molecule is Cc1oc(C(=O)O)cc1COc1cc2oc(=O)cc(C)c2cc1Cl. The number of rotatable bonds is 4. The van der Waals surface area contributed by atoms with Crippen molar-refractivity contribution in [3.05, 3.63) is 62.4 Å². The average molecular weight is 349 g/mol. The molecule has 0 atom stereocenters. The Kier molecular flexibility index (Phi) is 4.07. The molecule has 7 heteroatoms. The van der Waals surface area contributed by atoms with Gasteiger partial charge in [-0.15, -0.1) is 0 Å². The number of aryl methyl sites for hydroxylation is 2. The zero-order chi connectivity index (χ0) is 17.4. The second-order valence-corrected chi connectivity index (χ2v) is 5.72. The fourth-order valence-electron chi connectivity index (χ4n) is 2.35. The molecule has 0 aliphatic heterocycles. The molecule has 0 fully saturated rings. The lowest BCUT2D eigenvalue weighted by Crippen LogP contribution is -2.00. The summed E-state index contributed by atoms with van der Waals surface area (Å²) in [7, 11) is 0. The highest BCUT2D eigenvalue weighted by atomic mass is 35.5. The van der Waals surface area contributed by atoms with Crippen molar-refractivity contribution in [1.29, 1.82) is 0 Å². The van der Waals surface area contributed by atoms with Gasteiger partial charge in [-0.3, -0.25) is 0 Å². The van der Waals surface area contributed by atoms with E-state index in [1.807, 2.05) is 0 Å². The average Bonchev–Trinajstić information content (AvgIpc) is 2.87. The van der Waals surface area contributed by atoms with Crippen LogP contribution in [-0.4, -0.2) is 11.1 Å². The van der Waals surface area contributed by atoms with Crippen LogP contribution in [0.5, 0.6) is 5.75 Å². The molecule has 24 heavy (non-hydrogen) atoms. The van der Waals surface area contributed by atoms with Crippen LogP contribution in [0.2, 0.25) is 5.02 Å². The van der Waals surface area contributed by atoms with E-state index in [-0.39, 0.29) is 12.4 Å². The van der Waals surface area contributed by atoms with E-state index in [4.69, 9.17) is 30.3 Å². The second-order valence-electron chi connectivity index (χ2n) is 5.31. The first-order valence-corrected chi connectivity index (χ1v) is 7.42. The Labute approximate surface area is 141 Å². The van der Waals surface area contributed by atoms with Crippen LogP contribution in [0.15, 0.2) is 37.9 Å². The first-order chi connectivity index (χ1) is 11.3. The lowest BCUT2D eigenvalue weighted by Gasteiger charge is -2.09. The maximum Gasteiger partial charge on any atom is 0.371 e. The normalized spacial score (nSPS) is 11.0. The number of furan rings is 1. The molecule has 0 bridgehead atoms. The van der Waals surface area contributed by atoms with E-state index in [0.717, 1.165) is 10.9 Å². The number of carbonyl (C=O) groups is 1. The topological polar surface area (TPSA) is 89.9 Å². The third kappa shape index (κ3) is 3.00. The van der Waals surface area contributed by atoms with Gasteiger partial charge in [-0.2, -0.15) is 0 Å². The van der Waals surface area contributed by atoms with Gasteiger partial charge in [0.15, 0.2) is 0 Å². The molecule has 0 amide bonds. The smallest absolute Gasteiger partial charge is 0.371 e. The van der Waals surface area contributed by atoms with Gasteiger partial charge >= 0.3 is 11.6 Å². The molecule has 0 saturated carbocycles. The van der Waals surface area contributed by atoms with Gasteiger partial charge in [-0.25, -0.2) is 9.59 Å². The summed E-state index contributed by atoms with van der Waals surface area (Å²) in [5.74, 6) is -0.523. The molecule has 0 aliphatic carbocycles. The number of hydrogen-bond donors (Lipinski definition) is 1. The van der Waals surface area contributed by atoms with Gasteiger partial charge in [0, 0.05) is 23.1 Å². The Hall–Kier alpha value is -2.73. The van der Waals surface area contributed by atoms with Crippen LogP contribution in [0.3, 0.4) is 0 Å². The van der Waals surface area contributed by atoms with Crippen molar-refractivity contribution in [1.82, 2.24) is 0 Å². The molecule has 0 spiro atoms. The molecule has 1 aromatic carbocycles. The largest absolute Gasteiger partial charge is 0.487 e. The monoisotopic (exact) mass is 348 g/mol. The molecule has 0 radical (unpaired) electrons. The van der Waals surface area contributed by atoms with Crippen LogP contribution in [0, 0.1) is 13.8 Å². The van der Waals surface area contributed by atoms with Crippen LogP contribution < -0.4 is 10.4 Å². The molecule has 2 heterocycles. The van der Waals surface area contributed by atoms with Gasteiger partial charge in [0.05, 0.1) is 5.02 Å². The number of halogens is 1. The minimum Gasteiger partial charge on any atom is -0.487 e. The summed E-state index contributed by atoms with van der Waals surface area (Å²) in [6.45, 7) is 3.51. The van der Waals surface area contributed by atoms with Crippen molar-refractivity contribution in [3.63, 3.8) is 0 Å². The lowest BCUT2D eigenvalue weighted by atomic mass is 10.1. The number of aromatic carboxylic acids is 1. The maximum absolute atomic E-state index is 11.5. The molecule has 124 valence electrons.